The average molecular weight is 390 g/mol. The van der Waals surface area contributed by atoms with Crippen LogP contribution >= 0.6 is 0 Å². The third-order valence-corrected chi connectivity index (χ3v) is 6.77. The molecule has 2 aromatic carbocycles. The number of hydrogen-bond donors (Lipinski definition) is 0. The first kappa shape index (κ1) is 18.7. The van der Waals surface area contributed by atoms with E-state index in [0.717, 1.165) is 44.8 Å². The van der Waals surface area contributed by atoms with E-state index in [2.05, 4.69) is 39.0 Å². The molecule has 150 valence electrons. The second-order valence-corrected chi connectivity index (χ2v) is 8.88. The molecule has 0 N–H and O–H groups in total. The maximum absolute atomic E-state index is 14.1. The molecule has 2 saturated heterocycles. The normalized spacial score (nSPS) is 23.2. The largest absolute Gasteiger partial charge is 0.298 e. The minimum atomic E-state index is -0.0781. The van der Waals surface area contributed by atoms with Gasteiger partial charge >= 0.3 is 0 Å². The molecule has 2 aliphatic rings. The maximum Gasteiger partial charge on any atom is 0.127 e. The first-order chi connectivity index (χ1) is 14.2. The number of fused-ring (bicyclic) bond motifs is 1. The molecule has 0 radical (unpaired) electrons. The van der Waals surface area contributed by atoms with Crippen LogP contribution in [0.25, 0.3) is 10.8 Å². The highest BCUT2D eigenvalue weighted by Gasteiger charge is 2.41. The number of halogens is 1. The van der Waals surface area contributed by atoms with Crippen molar-refractivity contribution < 1.29 is 4.39 Å². The van der Waals surface area contributed by atoms with E-state index in [4.69, 9.17) is 0 Å². The van der Waals surface area contributed by atoms with Crippen molar-refractivity contribution >= 4 is 10.8 Å². The number of piperidine rings is 1. The lowest BCUT2D eigenvalue weighted by molar-refractivity contribution is 0.0858. The lowest BCUT2D eigenvalue weighted by Gasteiger charge is -2.40. The quantitative estimate of drug-likeness (QED) is 0.635. The Balaban J connectivity index is 1.27. The van der Waals surface area contributed by atoms with Gasteiger partial charge < -0.3 is 0 Å². The molecule has 0 bridgehead atoms. The molecule has 1 aromatic heterocycles. The highest BCUT2D eigenvalue weighted by atomic mass is 19.1. The third-order valence-electron chi connectivity index (χ3n) is 6.77. The summed E-state index contributed by atoms with van der Waals surface area (Å²) in [6.45, 7) is 6.17. The van der Waals surface area contributed by atoms with Gasteiger partial charge in [0.25, 0.3) is 0 Å². The van der Waals surface area contributed by atoms with Gasteiger partial charge in [-0.1, -0.05) is 36.4 Å². The van der Waals surface area contributed by atoms with Gasteiger partial charge in [-0.3, -0.25) is 14.8 Å². The minimum Gasteiger partial charge on any atom is -0.298 e. The third kappa shape index (κ3) is 3.92. The molecule has 0 amide bonds. The Bertz CT molecular complexity index is 999. The second kappa shape index (κ2) is 7.85. The molecule has 2 fully saturated rings. The Hall–Kier alpha value is -2.30. The summed E-state index contributed by atoms with van der Waals surface area (Å²) in [6.07, 6.45) is 7.58. The zero-order chi connectivity index (χ0) is 19.7. The molecular weight excluding hydrogens is 361 g/mol. The molecule has 1 spiro atoms. The van der Waals surface area contributed by atoms with Gasteiger partial charge in [0, 0.05) is 49.5 Å². The maximum atomic E-state index is 14.1. The number of benzene rings is 2. The Kier molecular flexibility index (Phi) is 5.06. The van der Waals surface area contributed by atoms with Crippen LogP contribution in [0.4, 0.5) is 4.39 Å². The van der Waals surface area contributed by atoms with Crippen molar-refractivity contribution in [3.05, 3.63) is 77.9 Å². The minimum absolute atomic E-state index is 0.0781. The van der Waals surface area contributed by atoms with Crippen molar-refractivity contribution in [3.63, 3.8) is 0 Å². The summed E-state index contributed by atoms with van der Waals surface area (Å²) in [5.41, 5.74) is 2.57. The predicted molar refractivity (Wildman–Crippen MR) is 115 cm³/mol. The summed E-state index contributed by atoms with van der Waals surface area (Å²) in [5.74, 6) is -0.0781. The molecule has 0 aliphatic carbocycles. The Morgan fingerprint density at radius 3 is 2.55 bits per heavy atom. The smallest absolute Gasteiger partial charge is 0.127 e. The van der Waals surface area contributed by atoms with Gasteiger partial charge in [-0.2, -0.15) is 0 Å². The topological polar surface area (TPSA) is 19.4 Å². The molecular formula is C25H28FN3. The fourth-order valence-corrected chi connectivity index (χ4v) is 5.38. The molecule has 0 unspecified atom stereocenters. The number of nitrogens with zero attached hydrogens (tertiary/aromatic N) is 3. The van der Waals surface area contributed by atoms with Crippen LogP contribution in [0.15, 0.2) is 60.9 Å². The number of aromatic nitrogens is 1. The van der Waals surface area contributed by atoms with Crippen LogP contribution in [0.2, 0.25) is 0 Å². The monoisotopic (exact) mass is 389 g/mol. The van der Waals surface area contributed by atoms with Crippen LogP contribution in [0, 0.1) is 11.2 Å². The van der Waals surface area contributed by atoms with Crippen LogP contribution in [-0.4, -0.2) is 41.0 Å². The zero-order valence-electron chi connectivity index (χ0n) is 16.9. The number of likely N-dealkylation sites (tertiary alicyclic amines) is 2. The number of pyridine rings is 1. The Morgan fingerprint density at radius 1 is 0.862 bits per heavy atom. The summed E-state index contributed by atoms with van der Waals surface area (Å²) >= 11 is 0. The van der Waals surface area contributed by atoms with E-state index in [1.165, 1.54) is 35.6 Å². The van der Waals surface area contributed by atoms with E-state index in [0.29, 0.717) is 5.41 Å². The van der Waals surface area contributed by atoms with Crippen molar-refractivity contribution in [3.8, 4) is 0 Å². The Morgan fingerprint density at radius 2 is 1.66 bits per heavy atom. The Labute approximate surface area is 172 Å². The van der Waals surface area contributed by atoms with Gasteiger partial charge in [-0.05, 0) is 60.8 Å². The molecule has 0 saturated carbocycles. The fraction of sp³-hybridized carbons (Fsp3) is 0.400. The molecule has 5 rings (SSSR count). The van der Waals surface area contributed by atoms with Crippen molar-refractivity contribution in [2.24, 2.45) is 5.41 Å². The lowest BCUT2D eigenvalue weighted by atomic mass is 9.79. The molecule has 3 nitrogen and oxygen atoms in total. The van der Waals surface area contributed by atoms with Crippen LogP contribution in [-0.2, 0) is 13.1 Å². The molecule has 3 aromatic rings. The second-order valence-electron chi connectivity index (χ2n) is 8.88. The summed E-state index contributed by atoms with van der Waals surface area (Å²) in [6, 6.07) is 15.9. The standard InChI is InChI=1S/C25H28FN3/c26-24-8-2-1-5-22(24)17-28-13-4-10-25(18-28)11-14-29(19-25)16-21-7-3-6-20-15-27-12-9-23(20)21/h1-3,5-9,12,15H,4,10-11,13-14,16-19H2/t25-/m0/s1. The van der Waals surface area contributed by atoms with Crippen molar-refractivity contribution in [2.75, 3.05) is 26.2 Å². The number of hydrogen-bond acceptors (Lipinski definition) is 3. The van der Waals surface area contributed by atoms with E-state index < -0.39 is 0 Å². The van der Waals surface area contributed by atoms with E-state index in [1.807, 2.05) is 24.5 Å². The lowest BCUT2D eigenvalue weighted by Crippen LogP contribution is -2.44. The molecule has 29 heavy (non-hydrogen) atoms. The highest BCUT2D eigenvalue weighted by Crippen LogP contribution is 2.40. The first-order valence-electron chi connectivity index (χ1n) is 10.7. The van der Waals surface area contributed by atoms with Gasteiger partial charge in [0.05, 0.1) is 0 Å². The van der Waals surface area contributed by atoms with Gasteiger partial charge in [0.15, 0.2) is 0 Å². The van der Waals surface area contributed by atoms with Gasteiger partial charge in [-0.25, -0.2) is 4.39 Å². The zero-order valence-corrected chi connectivity index (χ0v) is 16.9. The molecule has 1 atom stereocenters. The van der Waals surface area contributed by atoms with E-state index in [1.54, 1.807) is 12.1 Å². The summed E-state index contributed by atoms with van der Waals surface area (Å²) in [5, 5.41) is 2.53. The molecule has 2 aliphatic heterocycles. The van der Waals surface area contributed by atoms with Crippen molar-refractivity contribution in [1.29, 1.82) is 0 Å². The SMILES string of the molecule is Fc1ccccc1CN1CCC[C@]2(CCN(Cc3cccc4cnccc34)C2)C1. The summed E-state index contributed by atoms with van der Waals surface area (Å²) in [7, 11) is 0. The van der Waals surface area contributed by atoms with E-state index in [-0.39, 0.29) is 5.82 Å². The van der Waals surface area contributed by atoms with Crippen molar-refractivity contribution in [1.82, 2.24) is 14.8 Å². The first-order valence-corrected chi connectivity index (χ1v) is 10.7. The number of rotatable bonds is 4. The highest BCUT2D eigenvalue weighted by molar-refractivity contribution is 5.84. The molecule has 3 heterocycles. The van der Waals surface area contributed by atoms with Crippen LogP contribution in [0.5, 0.6) is 0 Å². The van der Waals surface area contributed by atoms with E-state index in [9.17, 15) is 4.39 Å². The van der Waals surface area contributed by atoms with E-state index >= 15 is 0 Å². The predicted octanol–water partition coefficient (Wildman–Crippen LogP) is 4.86. The van der Waals surface area contributed by atoms with Gasteiger partial charge in [-0.15, -0.1) is 0 Å². The van der Waals surface area contributed by atoms with Gasteiger partial charge in [0.2, 0.25) is 0 Å². The van der Waals surface area contributed by atoms with Gasteiger partial charge in [0.1, 0.15) is 5.82 Å². The van der Waals surface area contributed by atoms with Crippen LogP contribution in [0.1, 0.15) is 30.4 Å². The summed E-state index contributed by atoms with van der Waals surface area (Å²) < 4.78 is 14.1. The fourth-order valence-electron chi connectivity index (χ4n) is 5.38. The van der Waals surface area contributed by atoms with Crippen LogP contribution in [0.3, 0.4) is 0 Å². The van der Waals surface area contributed by atoms with Crippen LogP contribution < -0.4 is 0 Å². The van der Waals surface area contributed by atoms with Crippen molar-refractivity contribution in [2.45, 2.75) is 32.4 Å². The average Bonchev–Trinajstić information content (AvgIpc) is 3.11. The molecule has 4 heteroatoms. The summed E-state index contributed by atoms with van der Waals surface area (Å²) in [4.78, 5) is 9.34.